The number of carbonyl (C=O) groups excluding carboxylic acids is 2. The largest absolute Gasteiger partial charge is 0.352 e. The van der Waals surface area contributed by atoms with Crippen LogP contribution < -0.4 is 10.6 Å². The van der Waals surface area contributed by atoms with Crippen LogP contribution in [0.3, 0.4) is 0 Å². The molecular weight excluding hydrogens is 264 g/mol. The van der Waals surface area contributed by atoms with E-state index in [1.165, 1.54) is 5.56 Å². The number of nitrogens with one attached hydrogen (secondary N) is 2. The molecule has 1 aromatic rings. The molecule has 0 aliphatic rings. The average molecular weight is 290 g/mol. The van der Waals surface area contributed by atoms with E-state index in [9.17, 15) is 9.59 Å². The molecule has 2 N–H and O–H groups in total. The van der Waals surface area contributed by atoms with Gasteiger partial charge in [-0.05, 0) is 37.4 Å². The first-order valence-corrected chi connectivity index (χ1v) is 7.66. The molecule has 0 spiro atoms. The number of hydrogen-bond donors (Lipinski definition) is 2. The molecule has 116 valence electrons. The number of benzene rings is 1. The van der Waals surface area contributed by atoms with E-state index in [0.29, 0.717) is 19.4 Å². The van der Waals surface area contributed by atoms with Crippen molar-refractivity contribution in [2.75, 3.05) is 6.54 Å². The van der Waals surface area contributed by atoms with Gasteiger partial charge in [0.15, 0.2) is 0 Å². The quantitative estimate of drug-likeness (QED) is 0.651. The lowest BCUT2D eigenvalue weighted by atomic mass is 10.1. The van der Waals surface area contributed by atoms with Gasteiger partial charge in [0.1, 0.15) is 5.78 Å². The summed E-state index contributed by atoms with van der Waals surface area (Å²) in [5, 5.41) is 6.21. The van der Waals surface area contributed by atoms with Crippen molar-refractivity contribution >= 4 is 11.7 Å². The highest BCUT2D eigenvalue weighted by Gasteiger charge is 2.03. The molecule has 4 nitrogen and oxygen atoms in total. The summed E-state index contributed by atoms with van der Waals surface area (Å²) >= 11 is 0. The van der Waals surface area contributed by atoms with Crippen LogP contribution in [0.2, 0.25) is 0 Å². The summed E-state index contributed by atoms with van der Waals surface area (Å²) in [7, 11) is 0. The van der Waals surface area contributed by atoms with Gasteiger partial charge in [-0.15, -0.1) is 0 Å². The number of ketones is 1. The van der Waals surface area contributed by atoms with E-state index in [1.807, 2.05) is 12.1 Å². The van der Waals surface area contributed by atoms with Crippen molar-refractivity contribution in [1.82, 2.24) is 10.6 Å². The van der Waals surface area contributed by atoms with Crippen molar-refractivity contribution in [1.29, 1.82) is 0 Å². The maximum Gasteiger partial charge on any atom is 0.220 e. The fourth-order valence-electron chi connectivity index (χ4n) is 2.07. The summed E-state index contributed by atoms with van der Waals surface area (Å²) in [5.74, 6) is 0.239. The zero-order valence-corrected chi connectivity index (χ0v) is 13.1. The molecule has 1 rings (SSSR count). The summed E-state index contributed by atoms with van der Waals surface area (Å²) in [5.41, 5.74) is 2.34. The Hall–Kier alpha value is -1.68. The lowest BCUT2D eigenvalue weighted by molar-refractivity contribution is -0.122. The Kier molecular flexibility index (Phi) is 8.36. The fourth-order valence-corrected chi connectivity index (χ4v) is 2.07. The van der Waals surface area contributed by atoms with Crippen LogP contribution in [-0.2, 0) is 22.7 Å². The Morgan fingerprint density at radius 1 is 1.05 bits per heavy atom. The molecule has 0 aromatic heterocycles. The van der Waals surface area contributed by atoms with Gasteiger partial charge in [-0.2, -0.15) is 0 Å². The smallest absolute Gasteiger partial charge is 0.220 e. The van der Waals surface area contributed by atoms with Crippen LogP contribution in [-0.4, -0.2) is 18.2 Å². The molecule has 0 unspecified atom stereocenters. The third-order valence-corrected chi connectivity index (χ3v) is 3.24. The first-order valence-electron chi connectivity index (χ1n) is 7.66. The topological polar surface area (TPSA) is 58.2 Å². The van der Waals surface area contributed by atoms with Gasteiger partial charge < -0.3 is 15.4 Å². The fraction of sp³-hybridized carbons (Fsp3) is 0.529. The highest BCUT2D eigenvalue weighted by molar-refractivity contribution is 5.76. The SMILES string of the molecule is CCNCc1cccc(CNC(=O)CCCCC(C)=O)c1. The Morgan fingerprint density at radius 2 is 1.71 bits per heavy atom. The van der Waals surface area contributed by atoms with Crippen molar-refractivity contribution in [2.45, 2.75) is 52.6 Å². The minimum atomic E-state index is 0.0515. The lowest BCUT2D eigenvalue weighted by Gasteiger charge is -2.08. The van der Waals surface area contributed by atoms with Crippen LogP contribution in [0.4, 0.5) is 0 Å². The zero-order valence-electron chi connectivity index (χ0n) is 13.1. The monoisotopic (exact) mass is 290 g/mol. The molecule has 1 aromatic carbocycles. The van der Waals surface area contributed by atoms with E-state index in [2.05, 4.69) is 29.7 Å². The molecule has 0 radical (unpaired) electrons. The van der Waals surface area contributed by atoms with Gasteiger partial charge in [0.05, 0.1) is 0 Å². The molecule has 0 aliphatic heterocycles. The Labute approximate surface area is 127 Å². The third-order valence-electron chi connectivity index (χ3n) is 3.24. The van der Waals surface area contributed by atoms with Gasteiger partial charge >= 0.3 is 0 Å². The Balaban J connectivity index is 2.27. The molecule has 0 atom stereocenters. The van der Waals surface area contributed by atoms with E-state index < -0.39 is 0 Å². The summed E-state index contributed by atoms with van der Waals surface area (Å²) in [6.45, 7) is 6.02. The van der Waals surface area contributed by atoms with Crippen molar-refractivity contribution in [2.24, 2.45) is 0 Å². The number of carbonyl (C=O) groups is 2. The van der Waals surface area contributed by atoms with Gasteiger partial charge in [-0.25, -0.2) is 0 Å². The first-order chi connectivity index (χ1) is 10.1. The molecule has 0 bridgehead atoms. The molecule has 0 fully saturated rings. The molecular formula is C17H26N2O2. The summed E-state index contributed by atoms with van der Waals surface area (Å²) in [6.07, 6.45) is 2.62. The molecule has 21 heavy (non-hydrogen) atoms. The van der Waals surface area contributed by atoms with Crippen molar-refractivity contribution in [3.63, 3.8) is 0 Å². The molecule has 4 heteroatoms. The molecule has 0 heterocycles. The maximum absolute atomic E-state index is 11.7. The predicted octanol–water partition coefficient (Wildman–Crippen LogP) is 2.56. The molecule has 0 aliphatic carbocycles. The predicted molar refractivity (Wildman–Crippen MR) is 84.8 cm³/mol. The van der Waals surface area contributed by atoms with Crippen LogP contribution >= 0.6 is 0 Å². The number of Topliss-reactive ketones (excluding diaryl/α,β-unsaturated/α-hetero) is 1. The zero-order chi connectivity index (χ0) is 15.5. The Morgan fingerprint density at radius 3 is 2.38 bits per heavy atom. The highest BCUT2D eigenvalue weighted by atomic mass is 16.1. The van der Waals surface area contributed by atoms with Crippen molar-refractivity contribution in [3.8, 4) is 0 Å². The van der Waals surface area contributed by atoms with Crippen LogP contribution in [0.5, 0.6) is 0 Å². The Bertz CT molecular complexity index is 458. The minimum Gasteiger partial charge on any atom is -0.352 e. The number of hydrogen-bond acceptors (Lipinski definition) is 3. The third kappa shape index (κ3) is 8.25. The number of amides is 1. The lowest BCUT2D eigenvalue weighted by Crippen LogP contribution is -2.22. The van der Waals surface area contributed by atoms with Crippen LogP contribution in [0, 0.1) is 0 Å². The summed E-state index contributed by atoms with van der Waals surface area (Å²) < 4.78 is 0. The maximum atomic E-state index is 11.7. The standard InChI is InChI=1S/C17H26N2O2/c1-3-18-12-15-8-6-9-16(11-15)13-19-17(21)10-5-4-7-14(2)20/h6,8-9,11,18H,3-5,7,10,12-13H2,1-2H3,(H,19,21). The molecule has 0 saturated carbocycles. The van der Waals surface area contributed by atoms with E-state index in [0.717, 1.165) is 31.5 Å². The van der Waals surface area contributed by atoms with Gasteiger partial charge in [0.2, 0.25) is 5.91 Å². The normalized spacial score (nSPS) is 10.4. The highest BCUT2D eigenvalue weighted by Crippen LogP contribution is 2.06. The van der Waals surface area contributed by atoms with Crippen LogP contribution in [0.1, 0.15) is 50.7 Å². The van der Waals surface area contributed by atoms with Crippen LogP contribution in [0.25, 0.3) is 0 Å². The van der Waals surface area contributed by atoms with Gasteiger partial charge in [0.25, 0.3) is 0 Å². The average Bonchev–Trinajstić information content (AvgIpc) is 2.47. The van der Waals surface area contributed by atoms with Crippen LogP contribution in [0.15, 0.2) is 24.3 Å². The van der Waals surface area contributed by atoms with Gasteiger partial charge in [-0.3, -0.25) is 4.79 Å². The van der Waals surface area contributed by atoms with Gasteiger partial charge in [-0.1, -0.05) is 31.2 Å². The van der Waals surface area contributed by atoms with Gasteiger partial charge in [0, 0.05) is 25.9 Å². The number of unbranched alkanes of at least 4 members (excludes halogenated alkanes) is 1. The first kappa shape index (κ1) is 17.4. The van der Waals surface area contributed by atoms with E-state index >= 15 is 0 Å². The number of rotatable bonds is 10. The second-order valence-electron chi connectivity index (χ2n) is 5.29. The summed E-state index contributed by atoms with van der Waals surface area (Å²) in [4.78, 5) is 22.5. The van der Waals surface area contributed by atoms with Crippen molar-refractivity contribution < 1.29 is 9.59 Å². The molecule has 0 saturated heterocycles. The minimum absolute atomic E-state index is 0.0515. The second kappa shape index (κ2) is 10.1. The van der Waals surface area contributed by atoms with E-state index in [1.54, 1.807) is 6.92 Å². The van der Waals surface area contributed by atoms with E-state index in [4.69, 9.17) is 0 Å². The van der Waals surface area contributed by atoms with E-state index in [-0.39, 0.29) is 11.7 Å². The van der Waals surface area contributed by atoms with Crippen molar-refractivity contribution in [3.05, 3.63) is 35.4 Å². The summed E-state index contributed by atoms with van der Waals surface area (Å²) in [6, 6.07) is 8.22. The second-order valence-corrected chi connectivity index (χ2v) is 5.29. The molecule has 1 amide bonds.